The summed E-state index contributed by atoms with van der Waals surface area (Å²) in [6.45, 7) is 6.96. The number of carboxylic acid groups (broad SMARTS) is 1. The Hall–Kier alpha value is -1.94. The van der Waals surface area contributed by atoms with E-state index in [2.05, 4.69) is 21.3 Å². The molecule has 0 aliphatic carbocycles. The highest BCUT2D eigenvalue weighted by Crippen LogP contribution is 2.51. The molecule has 1 aromatic rings. The number of likely N-dealkylation sites (tertiary alicyclic amines) is 1. The van der Waals surface area contributed by atoms with E-state index in [1.165, 1.54) is 10.5 Å². The molecule has 168 valence electrons. The fraction of sp³-hybridized carbons (Fsp3) is 0.591. The van der Waals surface area contributed by atoms with Gasteiger partial charge in [0.1, 0.15) is 5.70 Å². The quantitative estimate of drug-likeness (QED) is 0.513. The van der Waals surface area contributed by atoms with Crippen LogP contribution in [0.4, 0.5) is 0 Å². The number of rotatable bonds is 8. The Morgan fingerprint density at radius 1 is 1.42 bits per heavy atom. The molecule has 8 nitrogen and oxygen atoms in total. The fourth-order valence-corrected chi connectivity index (χ4v) is 6.51. The molecule has 1 amide bonds. The Kier molecular flexibility index (Phi) is 6.39. The van der Waals surface area contributed by atoms with Crippen molar-refractivity contribution in [3.8, 4) is 0 Å². The van der Waals surface area contributed by atoms with Crippen LogP contribution in [0.1, 0.15) is 31.5 Å². The number of aromatic nitrogens is 1. The Morgan fingerprint density at radius 3 is 2.81 bits per heavy atom. The highest BCUT2D eigenvalue weighted by Gasteiger charge is 2.60. The molecule has 3 aliphatic heterocycles. The largest absolute Gasteiger partial charge is 0.477 e. The Balaban J connectivity index is 1.41. The summed E-state index contributed by atoms with van der Waals surface area (Å²) in [5, 5.41) is 23.2. The van der Waals surface area contributed by atoms with E-state index in [9.17, 15) is 19.8 Å². The molecular formula is C22H30N4O4S. The molecule has 0 bridgehead atoms. The van der Waals surface area contributed by atoms with Crippen molar-refractivity contribution in [2.75, 3.05) is 20.1 Å². The molecular weight excluding hydrogens is 416 g/mol. The van der Waals surface area contributed by atoms with Gasteiger partial charge in [-0.3, -0.25) is 14.7 Å². The van der Waals surface area contributed by atoms with E-state index >= 15 is 0 Å². The van der Waals surface area contributed by atoms with E-state index in [4.69, 9.17) is 0 Å². The van der Waals surface area contributed by atoms with Gasteiger partial charge in [0.05, 0.1) is 23.8 Å². The molecule has 1 unspecified atom stereocenters. The minimum atomic E-state index is -1.06. The average molecular weight is 447 g/mol. The highest BCUT2D eigenvalue weighted by atomic mass is 32.2. The molecule has 31 heavy (non-hydrogen) atoms. The molecule has 5 atom stereocenters. The second-order valence-electron chi connectivity index (χ2n) is 8.72. The zero-order chi connectivity index (χ0) is 22.3. The van der Waals surface area contributed by atoms with E-state index in [0.29, 0.717) is 0 Å². The lowest BCUT2D eigenvalue weighted by molar-refractivity contribution is -0.163. The van der Waals surface area contributed by atoms with Gasteiger partial charge in [-0.2, -0.15) is 0 Å². The van der Waals surface area contributed by atoms with Gasteiger partial charge >= 0.3 is 5.97 Å². The van der Waals surface area contributed by atoms with E-state index in [1.54, 1.807) is 18.7 Å². The van der Waals surface area contributed by atoms with Gasteiger partial charge in [-0.05, 0) is 38.6 Å². The minimum Gasteiger partial charge on any atom is -0.477 e. The summed E-state index contributed by atoms with van der Waals surface area (Å²) in [5.41, 5.74) is 2.30. The maximum atomic E-state index is 12.5. The SMILES string of the molecule is CNCc1ccc(CN2CC[C@@H](SC3=C(C(=O)O)N4C(=O)[C@H](C(C)O)[C@H]4[C@H]3C)C2)cn1. The summed E-state index contributed by atoms with van der Waals surface area (Å²) in [6.07, 6.45) is 2.12. The molecule has 3 aliphatic rings. The molecule has 2 saturated heterocycles. The first-order valence-corrected chi connectivity index (χ1v) is 11.7. The van der Waals surface area contributed by atoms with Crippen molar-refractivity contribution in [1.29, 1.82) is 0 Å². The summed E-state index contributed by atoms with van der Waals surface area (Å²) < 4.78 is 0. The van der Waals surface area contributed by atoms with Gasteiger partial charge in [0.15, 0.2) is 0 Å². The minimum absolute atomic E-state index is 0.0774. The topological polar surface area (TPSA) is 106 Å². The molecule has 1 aromatic heterocycles. The number of aliphatic hydroxyl groups is 1. The van der Waals surface area contributed by atoms with Crippen LogP contribution in [0.5, 0.6) is 0 Å². The number of fused-ring (bicyclic) bond motifs is 1. The highest BCUT2D eigenvalue weighted by molar-refractivity contribution is 8.03. The fourth-order valence-electron chi connectivity index (χ4n) is 4.99. The number of pyridine rings is 1. The maximum Gasteiger partial charge on any atom is 0.353 e. The third-order valence-corrected chi connectivity index (χ3v) is 8.02. The van der Waals surface area contributed by atoms with E-state index in [0.717, 1.165) is 43.2 Å². The van der Waals surface area contributed by atoms with Gasteiger partial charge in [-0.15, -0.1) is 11.8 Å². The summed E-state index contributed by atoms with van der Waals surface area (Å²) >= 11 is 1.60. The van der Waals surface area contributed by atoms with Crippen LogP contribution in [0.25, 0.3) is 0 Å². The number of amides is 1. The van der Waals surface area contributed by atoms with Gasteiger partial charge in [-0.1, -0.05) is 13.0 Å². The number of carbonyl (C=O) groups excluding carboxylic acids is 1. The van der Waals surface area contributed by atoms with E-state index < -0.39 is 18.0 Å². The number of nitrogens with zero attached hydrogens (tertiary/aromatic N) is 3. The first kappa shape index (κ1) is 22.3. The molecule has 4 rings (SSSR count). The molecule has 0 saturated carbocycles. The lowest BCUT2D eigenvalue weighted by atomic mass is 9.79. The number of aliphatic hydroxyl groups excluding tert-OH is 1. The Labute approximate surface area is 186 Å². The average Bonchev–Trinajstić information content (AvgIpc) is 3.25. The normalized spacial score (nSPS) is 29.3. The second-order valence-corrected chi connectivity index (χ2v) is 10.1. The Bertz CT molecular complexity index is 888. The van der Waals surface area contributed by atoms with Gasteiger partial charge < -0.3 is 20.4 Å². The third kappa shape index (κ3) is 4.11. The Morgan fingerprint density at radius 2 is 2.19 bits per heavy atom. The van der Waals surface area contributed by atoms with Crippen LogP contribution in [-0.4, -0.2) is 74.4 Å². The van der Waals surface area contributed by atoms with Crippen LogP contribution in [0, 0.1) is 11.8 Å². The van der Waals surface area contributed by atoms with E-state index in [-0.39, 0.29) is 28.8 Å². The van der Waals surface area contributed by atoms with Gasteiger partial charge in [-0.25, -0.2) is 4.79 Å². The van der Waals surface area contributed by atoms with Crippen molar-refractivity contribution in [2.24, 2.45) is 11.8 Å². The summed E-state index contributed by atoms with van der Waals surface area (Å²) in [7, 11) is 1.90. The monoisotopic (exact) mass is 446 g/mol. The van der Waals surface area contributed by atoms with Gasteiger partial charge in [0.25, 0.3) is 0 Å². The zero-order valence-corrected chi connectivity index (χ0v) is 18.9. The van der Waals surface area contributed by atoms with Crippen molar-refractivity contribution in [1.82, 2.24) is 20.1 Å². The number of nitrogens with one attached hydrogen (secondary N) is 1. The van der Waals surface area contributed by atoms with Crippen LogP contribution in [0.15, 0.2) is 28.9 Å². The van der Waals surface area contributed by atoms with Gasteiger partial charge in [0, 0.05) is 41.9 Å². The predicted octanol–water partition coefficient (Wildman–Crippen LogP) is 1.26. The molecule has 4 heterocycles. The van der Waals surface area contributed by atoms with Crippen LogP contribution < -0.4 is 5.32 Å². The van der Waals surface area contributed by atoms with Crippen molar-refractivity contribution in [3.05, 3.63) is 40.2 Å². The van der Waals surface area contributed by atoms with Crippen LogP contribution in [0.3, 0.4) is 0 Å². The first-order chi connectivity index (χ1) is 14.8. The van der Waals surface area contributed by atoms with Crippen molar-refractivity contribution < 1.29 is 19.8 Å². The van der Waals surface area contributed by atoms with Crippen molar-refractivity contribution >= 4 is 23.6 Å². The van der Waals surface area contributed by atoms with Crippen LogP contribution >= 0.6 is 11.8 Å². The number of hydrogen-bond donors (Lipinski definition) is 3. The summed E-state index contributed by atoms with van der Waals surface area (Å²) in [4.78, 5) is 33.5. The molecule has 0 radical (unpaired) electrons. The third-order valence-electron chi connectivity index (χ3n) is 6.48. The molecule has 0 aromatic carbocycles. The van der Waals surface area contributed by atoms with Gasteiger partial charge in [0.2, 0.25) is 5.91 Å². The van der Waals surface area contributed by atoms with Crippen LogP contribution in [0.2, 0.25) is 0 Å². The smallest absolute Gasteiger partial charge is 0.353 e. The van der Waals surface area contributed by atoms with Crippen molar-refractivity contribution in [2.45, 2.75) is 50.8 Å². The standard InChI is InChI=1S/C22H30N4O4S/c1-12-18-17(13(2)27)21(28)26(18)19(22(29)30)20(12)31-16-6-7-25(11-16)10-14-4-5-15(9-23-3)24-8-14/h4-5,8,12-13,16-18,23,27H,6-7,9-11H2,1-3H3,(H,29,30)/t12-,13?,16-,17-,18-/m1/s1. The van der Waals surface area contributed by atoms with Crippen molar-refractivity contribution in [3.63, 3.8) is 0 Å². The molecule has 0 spiro atoms. The van der Waals surface area contributed by atoms with Crippen LogP contribution in [-0.2, 0) is 22.7 Å². The lowest BCUT2D eigenvalue weighted by Gasteiger charge is -2.46. The molecule has 9 heteroatoms. The number of hydrogen-bond acceptors (Lipinski definition) is 7. The number of β-lactam (4-membered cyclic amide) rings is 1. The molecule has 3 N–H and O–H groups in total. The number of thioether (sulfide) groups is 1. The summed E-state index contributed by atoms with van der Waals surface area (Å²) in [5.74, 6) is -1.92. The predicted molar refractivity (Wildman–Crippen MR) is 118 cm³/mol. The number of carboxylic acids is 1. The maximum absolute atomic E-state index is 12.5. The number of carbonyl (C=O) groups is 2. The first-order valence-electron chi connectivity index (χ1n) is 10.8. The summed E-state index contributed by atoms with van der Waals surface area (Å²) in [6, 6.07) is 3.90. The number of aliphatic carboxylic acids is 1. The molecule has 2 fully saturated rings. The lowest BCUT2D eigenvalue weighted by Crippen LogP contribution is -2.63. The second kappa shape index (κ2) is 8.90. The zero-order valence-electron chi connectivity index (χ0n) is 18.1. The van der Waals surface area contributed by atoms with E-state index in [1.807, 2.05) is 26.2 Å².